The number of aryl methyl sites for hydroxylation is 1. The highest BCUT2D eigenvalue weighted by atomic mass is 35.5. The Labute approximate surface area is 185 Å². The third kappa shape index (κ3) is 3.40. The van der Waals surface area contributed by atoms with Crippen LogP contribution in [0.15, 0.2) is 39.6 Å². The minimum Gasteiger partial charge on any atom is -0.506 e. The number of aromatic hydroxyl groups is 1. The lowest BCUT2D eigenvalue weighted by atomic mass is 9.69. The van der Waals surface area contributed by atoms with Crippen LogP contribution in [0.25, 0.3) is 10.8 Å². The second-order valence-electron chi connectivity index (χ2n) is 8.02. The smallest absolute Gasteiger partial charge is 0.419 e. The van der Waals surface area contributed by atoms with Crippen molar-refractivity contribution in [3.63, 3.8) is 0 Å². The molecule has 0 unspecified atom stereocenters. The number of benzene rings is 2. The number of aromatic nitrogens is 1. The van der Waals surface area contributed by atoms with E-state index in [4.69, 9.17) is 11.6 Å². The molecule has 0 saturated heterocycles. The summed E-state index contributed by atoms with van der Waals surface area (Å²) in [6.45, 7) is 3.28. The van der Waals surface area contributed by atoms with E-state index in [0.717, 1.165) is 0 Å². The molecule has 0 aliphatic heterocycles. The minimum absolute atomic E-state index is 0.0255. The number of fused-ring (bicyclic) bond motifs is 2. The highest BCUT2D eigenvalue weighted by molar-refractivity contribution is 6.32. The fraction of sp³-hybridized carbons (Fsp3) is 0.364. The summed E-state index contributed by atoms with van der Waals surface area (Å²) in [6.07, 6.45) is -5.34. The molecule has 0 saturated carbocycles. The number of rotatable bonds is 3. The van der Waals surface area contributed by atoms with Crippen LogP contribution >= 0.6 is 11.6 Å². The third-order valence-corrected chi connectivity index (χ3v) is 6.45. The van der Waals surface area contributed by atoms with Crippen LogP contribution in [-0.2, 0) is 0 Å². The Kier molecular flexibility index (Phi) is 5.37. The fourth-order valence-electron chi connectivity index (χ4n) is 4.44. The molecule has 0 radical (unpaired) electrons. The first-order valence-electron chi connectivity index (χ1n) is 9.95. The quantitative estimate of drug-likeness (QED) is 0.489. The van der Waals surface area contributed by atoms with E-state index in [1.807, 2.05) is 0 Å². The number of halogens is 4. The topological polar surface area (TPSA) is 95.6 Å². The Morgan fingerprint density at radius 3 is 2.66 bits per heavy atom. The number of phenols is 1. The van der Waals surface area contributed by atoms with Crippen LogP contribution in [0, 0.1) is 6.92 Å². The summed E-state index contributed by atoms with van der Waals surface area (Å²) in [5.74, 6) is -1.04. The zero-order valence-electron chi connectivity index (χ0n) is 17.1. The minimum atomic E-state index is -4.96. The number of nitrogens with zero attached hydrogens (tertiary/aromatic N) is 1. The molecule has 6 nitrogen and oxygen atoms in total. The van der Waals surface area contributed by atoms with Gasteiger partial charge in [0.2, 0.25) is 0 Å². The average Bonchev–Trinajstić information content (AvgIpc) is 2.74. The standard InChI is InChI=1S/C22H20ClF3N2O4/c1-3-11-9-21(31,22(24,25)26)19(14-6-7-16(23)18(29)17(11)14)27-12-4-5-13-15(8-12)10(2)28-32-20(13)30/h4-8,11,19,27,29,31H,3,9H2,1-2H3/t11-,19+,21-/m1/s1. The van der Waals surface area contributed by atoms with Crippen molar-refractivity contribution in [2.75, 3.05) is 5.32 Å². The number of hydrogen-bond donors (Lipinski definition) is 3. The van der Waals surface area contributed by atoms with E-state index >= 15 is 0 Å². The van der Waals surface area contributed by atoms with Crippen LogP contribution in [0.4, 0.5) is 18.9 Å². The molecule has 10 heteroatoms. The molecule has 1 aromatic heterocycles. The van der Waals surface area contributed by atoms with Crippen molar-refractivity contribution in [3.05, 3.63) is 62.6 Å². The fourth-order valence-corrected chi connectivity index (χ4v) is 4.61. The summed E-state index contributed by atoms with van der Waals surface area (Å²) in [5, 5.41) is 28.6. The van der Waals surface area contributed by atoms with Crippen LogP contribution < -0.4 is 10.9 Å². The first-order chi connectivity index (χ1) is 15.0. The summed E-state index contributed by atoms with van der Waals surface area (Å²) in [6, 6.07) is 5.38. The lowest BCUT2D eigenvalue weighted by Gasteiger charge is -2.46. The monoisotopic (exact) mass is 468 g/mol. The Balaban J connectivity index is 1.90. The van der Waals surface area contributed by atoms with Crippen molar-refractivity contribution >= 4 is 28.1 Å². The van der Waals surface area contributed by atoms with Crippen molar-refractivity contribution in [1.29, 1.82) is 0 Å². The van der Waals surface area contributed by atoms with Crippen LogP contribution in [-0.4, -0.2) is 27.1 Å². The highest BCUT2D eigenvalue weighted by Crippen LogP contribution is 2.55. The van der Waals surface area contributed by atoms with Gasteiger partial charge in [0, 0.05) is 16.6 Å². The summed E-state index contributed by atoms with van der Waals surface area (Å²) in [7, 11) is 0. The predicted molar refractivity (Wildman–Crippen MR) is 113 cm³/mol. The number of anilines is 1. The molecule has 0 bridgehead atoms. The van der Waals surface area contributed by atoms with Gasteiger partial charge in [0.1, 0.15) is 5.75 Å². The van der Waals surface area contributed by atoms with Crippen LogP contribution in [0.3, 0.4) is 0 Å². The second-order valence-corrected chi connectivity index (χ2v) is 8.43. The molecular formula is C22H20ClF3N2O4. The number of nitrogens with one attached hydrogen (secondary N) is 1. The Morgan fingerprint density at radius 1 is 1.28 bits per heavy atom. The van der Waals surface area contributed by atoms with Crippen molar-refractivity contribution in [2.45, 2.75) is 50.4 Å². The van der Waals surface area contributed by atoms with Gasteiger partial charge >= 0.3 is 11.8 Å². The lowest BCUT2D eigenvalue weighted by molar-refractivity contribution is -0.272. The van der Waals surface area contributed by atoms with Crippen molar-refractivity contribution < 1.29 is 27.9 Å². The van der Waals surface area contributed by atoms with Crippen molar-refractivity contribution in [3.8, 4) is 5.75 Å². The first-order valence-corrected chi connectivity index (χ1v) is 10.3. The third-order valence-electron chi connectivity index (χ3n) is 6.15. The maximum atomic E-state index is 14.2. The molecule has 0 amide bonds. The van der Waals surface area contributed by atoms with E-state index in [2.05, 4.69) is 15.0 Å². The summed E-state index contributed by atoms with van der Waals surface area (Å²) >= 11 is 6.03. The molecule has 0 fully saturated rings. The number of alkyl halides is 3. The average molecular weight is 469 g/mol. The molecule has 2 aromatic carbocycles. The van der Waals surface area contributed by atoms with Gasteiger partial charge in [0.25, 0.3) is 0 Å². The Hall–Kier alpha value is -2.78. The Bertz CT molecular complexity index is 1260. The van der Waals surface area contributed by atoms with Crippen LogP contribution in [0.5, 0.6) is 5.75 Å². The predicted octanol–water partition coefficient (Wildman–Crippen LogP) is 5.20. The van der Waals surface area contributed by atoms with E-state index in [1.165, 1.54) is 30.3 Å². The van der Waals surface area contributed by atoms with E-state index in [-0.39, 0.29) is 39.4 Å². The van der Waals surface area contributed by atoms with Crippen molar-refractivity contribution in [1.82, 2.24) is 5.16 Å². The SMILES string of the molecule is CC[C@@H]1C[C@](O)(C(F)(F)F)[C@@H](Nc2ccc3c(=O)onc(C)c3c2)c2ccc(Cl)c(O)c21. The normalized spacial score (nSPS) is 23.2. The summed E-state index contributed by atoms with van der Waals surface area (Å²) in [5.41, 5.74) is -2.78. The first kappa shape index (κ1) is 22.4. The van der Waals surface area contributed by atoms with Gasteiger partial charge in [0.15, 0.2) is 5.60 Å². The zero-order valence-corrected chi connectivity index (χ0v) is 17.9. The van der Waals surface area contributed by atoms with Gasteiger partial charge in [0.05, 0.1) is 22.1 Å². The molecule has 0 spiro atoms. The van der Waals surface area contributed by atoms with E-state index in [9.17, 15) is 28.2 Å². The molecule has 170 valence electrons. The van der Waals surface area contributed by atoms with E-state index in [0.29, 0.717) is 11.1 Å². The molecule has 3 N–H and O–H groups in total. The van der Waals surface area contributed by atoms with Crippen LogP contribution in [0.2, 0.25) is 5.02 Å². The van der Waals surface area contributed by atoms with E-state index in [1.54, 1.807) is 13.8 Å². The van der Waals surface area contributed by atoms with Gasteiger partial charge in [-0.25, -0.2) is 4.79 Å². The molecule has 1 heterocycles. The van der Waals surface area contributed by atoms with Gasteiger partial charge in [-0.1, -0.05) is 29.7 Å². The van der Waals surface area contributed by atoms with Gasteiger partial charge in [-0.2, -0.15) is 13.2 Å². The van der Waals surface area contributed by atoms with Crippen LogP contribution in [0.1, 0.15) is 48.5 Å². The highest BCUT2D eigenvalue weighted by Gasteiger charge is 2.62. The zero-order chi connectivity index (χ0) is 23.4. The summed E-state index contributed by atoms with van der Waals surface area (Å²) < 4.78 is 47.2. The molecule has 3 aromatic rings. The van der Waals surface area contributed by atoms with Gasteiger partial charge in [-0.15, -0.1) is 0 Å². The maximum Gasteiger partial charge on any atom is 0.419 e. The van der Waals surface area contributed by atoms with E-state index < -0.39 is 35.8 Å². The van der Waals surface area contributed by atoms with Crippen molar-refractivity contribution in [2.24, 2.45) is 0 Å². The second kappa shape index (κ2) is 7.67. The van der Waals surface area contributed by atoms with Gasteiger partial charge in [-0.3, -0.25) is 0 Å². The molecule has 4 rings (SSSR count). The van der Waals surface area contributed by atoms with Gasteiger partial charge in [-0.05, 0) is 55.5 Å². The Morgan fingerprint density at radius 2 is 2.00 bits per heavy atom. The number of hydrogen-bond acceptors (Lipinski definition) is 6. The maximum absolute atomic E-state index is 14.2. The number of phenolic OH excluding ortho intramolecular Hbond substituents is 1. The summed E-state index contributed by atoms with van der Waals surface area (Å²) in [4.78, 5) is 11.9. The molecule has 3 atom stereocenters. The largest absolute Gasteiger partial charge is 0.506 e. The number of aliphatic hydroxyl groups is 1. The molecule has 1 aliphatic carbocycles. The lowest BCUT2D eigenvalue weighted by Crippen LogP contribution is -2.55. The molecule has 32 heavy (non-hydrogen) atoms. The molecule has 1 aliphatic rings. The molecular weight excluding hydrogens is 449 g/mol. The van der Waals surface area contributed by atoms with Gasteiger partial charge < -0.3 is 20.1 Å².